The zero-order valence-corrected chi connectivity index (χ0v) is 13.3. The van der Waals surface area contributed by atoms with Gasteiger partial charge in [-0.25, -0.2) is 8.42 Å². The second-order valence-electron chi connectivity index (χ2n) is 7.60. The van der Waals surface area contributed by atoms with E-state index < -0.39 is 10.0 Å². The minimum absolute atomic E-state index is 0.203. The molecule has 0 atom stereocenters. The van der Waals surface area contributed by atoms with Gasteiger partial charge >= 0.3 is 0 Å². The van der Waals surface area contributed by atoms with Crippen molar-refractivity contribution in [3.63, 3.8) is 0 Å². The Morgan fingerprint density at radius 2 is 1.81 bits per heavy atom. The van der Waals surface area contributed by atoms with Crippen LogP contribution >= 0.6 is 0 Å². The molecule has 5 rings (SSSR count). The highest BCUT2D eigenvalue weighted by molar-refractivity contribution is 7.89. The lowest BCUT2D eigenvalue weighted by molar-refractivity contribution is -0.0583. The standard InChI is InChI=1S/C15H23N3O2S/c1-18(21(19,20)14-2-3-16-17-14)10-15-7-11-4-12(8-15)6-13(5-11)9-15/h2-3,11-13H,4-10H2,1H3,(H,16,17). The van der Waals surface area contributed by atoms with Gasteiger partial charge in [-0.2, -0.15) is 9.40 Å². The molecule has 0 saturated heterocycles. The maximum absolute atomic E-state index is 12.6. The van der Waals surface area contributed by atoms with Gasteiger partial charge in [-0.1, -0.05) is 0 Å². The third kappa shape index (κ3) is 2.23. The van der Waals surface area contributed by atoms with Crippen molar-refractivity contribution < 1.29 is 8.42 Å². The number of H-pyrrole nitrogens is 1. The van der Waals surface area contributed by atoms with E-state index in [9.17, 15) is 8.42 Å². The molecule has 0 aliphatic heterocycles. The van der Waals surface area contributed by atoms with E-state index in [4.69, 9.17) is 0 Å². The normalized spacial score (nSPS) is 38.3. The number of aromatic nitrogens is 2. The molecule has 4 saturated carbocycles. The lowest BCUT2D eigenvalue weighted by atomic mass is 9.49. The van der Waals surface area contributed by atoms with E-state index in [0.29, 0.717) is 6.54 Å². The molecule has 0 unspecified atom stereocenters. The molecular formula is C15H23N3O2S. The summed E-state index contributed by atoms with van der Waals surface area (Å²) in [5, 5.41) is 6.56. The van der Waals surface area contributed by atoms with Crippen molar-refractivity contribution in [2.45, 2.75) is 43.6 Å². The van der Waals surface area contributed by atoms with Gasteiger partial charge in [0.2, 0.25) is 0 Å². The van der Waals surface area contributed by atoms with E-state index in [1.54, 1.807) is 11.4 Å². The molecule has 0 amide bonds. The maximum atomic E-state index is 12.6. The number of nitrogens with one attached hydrogen (secondary N) is 1. The van der Waals surface area contributed by atoms with Crippen LogP contribution in [0.3, 0.4) is 0 Å². The van der Waals surface area contributed by atoms with Crippen LogP contribution in [0.15, 0.2) is 17.3 Å². The lowest BCUT2D eigenvalue weighted by Crippen LogP contribution is -2.51. The fourth-order valence-electron chi connectivity index (χ4n) is 5.60. The van der Waals surface area contributed by atoms with Gasteiger partial charge in [0.1, 0.15) is 0 Å². The molecular weight excluding hydrogens is 286 g/mol. The molecule has 1 heterocycles. The highest BCUT2D eigenvalue weighted by atomic mass is 32.2. The van der Waals surface area contributed by atoms with Gasteiger partial charge < -0.3 is 0 Å². The number of sulfonamides is 1. The molecule has 0 aromatic carbocycles. The molecule has 1 aromatic rings. The minimum Gasteiger partial charge on any atom is -0.266 e. The first kappa shape index (κ1) is 13.8. The zero-order valence-electron chi connectivity index (χ0n) is 12.5. The van der Waals surface area contributed by atoms with E-state index >= 15 is 0 Å². The van der Waals surface area contributed by atoms with Crippen LogP contribution in [-0.2, 0) is 10.0 Å². The Labute approximate surface area is 126 Å². The van der Waals surface area contributed by atoms with Crippen molar-refractivity contribution in [3.8, 4) is 0 Å². The predicted molar refractivity (Wildman–Crippen MR) is 79.0 cm³/mol. The number of aromatic amines is 1. The van der Waals surface area contributed by atoms with E-state index in [0.717, 1.165) is 17.8 Å². The largest absolute Gasteiger partial charge is 0.266 e. The third-order valence-corrected chi connectivity index (χ3v) is 7.62. The topological polar surface area (TPSA) is 66.1 Å². The van der Waals surface area contributed by atoms with E-state index in [-0.39, 0.29) is 10.4 Å². The Balaban J connectivity index is 1.56. The van der Waals surface area contributed by atoms with Crippen LogP contribution in [0.2, 0.25) is 0 Å². The van der Waals surface area contributed by atoms with Gasteiger partial charge in [-0.3, -0.25) is 5.10 Å². The summed E-state index contributed by atoms with van der Waals surface area (Å²) in [6, 6.07) is 1.53. The molecule has 4 aliphatic rings. The maximum Gasteiger partial charge on any atom is 0.259 e. The van der Waals surface area contributed by atoms with Gasteiger partial charge in [0.05, 0.1) is 6.20 Å². The smallest absolute Gasteiger partial charge is 0.259 e. The molecule has 1 N–H and O–H groups in total. The third-order valence-electron chi connectivity index (χ3n) is 5.89. The van der Waals surface area contributed by atoms with Crippen LogP contribution in [0.5, 0.6) is 0 Å². The van der Waals surface area contributed by atoms with Gasteiger partial charge in [0.15, 0.2) is 5.03 Å². The van der Waals surface area contributed by atoms with Crippen LogP contribution < -0.4 is 0 Å². The zero-order chi connectivity index (χ0) is 14.7. The molecule has 4 fully saturated rings. The summed E-state index contributed by atoms with van der Waals surface area (Å²) in [5.41, 5.74) is 0.233. The average molecular weight is 309 g/mol. The van der Waals surface area contributed by atoms with Crippen molar-refractivity contribution in [1.29, 1.82) is 0 Å². The highest BCUT2D eigenvalue weighted by Gasteiger charge is 2.51. The molecule has 21 heavy (non-hydrogen) atoms. The Morgan fingerprint density at radius 1 is 1.24 bits per heavy atom. The summed E-state index contributed by atoms with van der Waals surface area (Å²) in [6.45, 7) is 0.665. The summed E-state index contributed by atoms with van der Waals surface area (Å²) in [5.74, 6) is 2.54. The van der Waals surface area contributed by atoms with Crippen molar-refractivity contribution in [2.75, 3.05) is 13.6 Å². The average Bonchev–Trinajstić information content (AvgIpc) is 2.90. The molecule has 116 valence electrons. The SMILES string of the molecule is CN(CC12CC3CC(CC(C3)C1)C2)S(=O)(=O)c1ccn[nH]1. The quantitative estimate of drug-likeness (QED) is 0.927. The van der Waals surface area contributed by atoms with Crippen molar-refractivity contribution in [2.24, 2.45) is 23.2 Å². The summed E-state index contributed by atoms with van der Waals surface area (Å²) in [6.07, 6.45) is 9.32. The molecule has 1 aromatic heterocycles. The summed E-state index contributed by atoms with van der Waals surface area (Å²) in [7, 11) is -1.71. The van der Waals surface area contributed by atoms with Gasteiger partial charge in [-0.05, 0) is 67.8 Å². The summed E-state index contributed by atoms with van der Waals surface area (Å²) >= 11 is 0. The van der Waals surface area contributed by atoms with E-state index in [2.05, 4.69) is 10.2 Å². The number of nitrogens with zero attached hydrogens (tertiary/aromatic N) is 2. The molecule has 0 radical (unpaired) electrons. The first-order valence-electron chi connectivity index (χ1n) is 7.93. The predicted octanol–water partition coefficient (Wildman–Crippen LogP) is 2.25. The molecule has 5 nitrogen and oxygen atoms in total. The fourth-order valence-corrected chi connectivity index (χ4v) is 6.78. The fraction of sp³-hybridized carbons (Fsp3) is 0.800. The molecule has 4 aliphatic carbocycles. The van der Waals surface area contributed by atoms with Crippen LogP contribution in [-0.4, -0.2) is 36.5 Å². The van der Waals surface area contributed by atoms with Gasteiger partial charge in [0.25, 0.3) is 10.0 Å². The molecule has 4 bridgehead atoms. The van der Waals surface area contributed by atoms with Crippen molar-refractivity contribution >= 4 is 10.0 Å². The Morgan fingerprint density at radius 3 is 2.29 bits per heavy atom. The van der Waals surface area contributed by atoms with Gasteiger partial charge in [0, 0.05) is 13.6 Å². The Kier molecular flexibility index (Phi) is 2.99. The molecule has 0 spiro atoms. The Hall–Kier alpha value is -0.880. The second kappa shape index (κ2) is 4.56. The van der Waals surface area contributed by atoms with Crippen molar-refractivity contribution in [3.05, 3.63) is 12.3 Å². The monoisotopic (exact) mass is 309 g/mol. The number of rotatable bonds is 4. The van der Waals surface area contributed by atoms with Crippen LogP contribution in [0, 0.1) is 23.2 Å². The lowest BCUT2D eigenvalue weighted by Gasteiger charge is -2.57. The van der Waals surface area contributed by atoms with Crippen LogP contribution in [0.25, 0.3) is 0 Å². The van der Waals surface area contributed by atoms with E-state index in [1.807, 2.05) is 0 Å². The first-order chi connectivity index (χ1) is 9.97. The molecule has 6 heteroatoms. The Bertz CT molecular complexity index is 588. The number of hydrogen-bond donors (Lipinski definition) is 1. The summed E-state index contributed by atoms with van der Waals surface area (Å²) < 4.78 is 26.7. The minimum atomic E-state index is -3.42. The van der Waals surface area contributed by atoms with Crippen molar-refractivity contribution in [1.82, 2.24) is 14.5 Å². The first-order valence-corrected chi connectivity index (χ1v) is 9.37. The van der Waals surface area contributed by atoms with E-state index in [1.165, 1.54) is 50.8 Å². The van der Waals surface area contributed by atoms with Crippen LogP contribution in [0.1, 0.15) is 38.5 Å². The number of hydrogen-bond acceptors (Lipinski definition) is 3. The highest BCUT2D eigenvalue weighted by Crippen LogP contribution is 2.60. The van der Waals surface area contributed by atoms with Gasteiger partial charge in [-0.15, -0.1) is 0 Å². The summed E-state index contributed by atoms with van der Waals surface area (Å²) in [4.78, 5) is 0. The second-order valence-corrected chi connectivity index (χ2v) is 9.61. The van der Waals surface area contributed by atoms with Crippen LogP contribution in [0.4, 0.5) is 0 Å².